The van der Waals surface area contributed by atoms with E-state index in [0.29, 0.717) is 13.2 Å². The number of rotatable bonds is 9. The molecule has 2 N–H and O–H groups in total. The molecule has 0 fully saturated rings. The monoisotopic (exact) mass is 349 g/mol. The number of nitrogens with one attached hydrogen (secondary N) is 2. The van der Waals surface area contributed by atoms with E-state index in [2.05, 4.69) is 67.6 Å². The second-order valence-corrected chi connectivity index (χ2v) is 7.12. The molecule has 0 bridgehead atoms. The van der Waals surface area contributed by atoms with Crippen LogP contribution in [-0.2, 0) is 22.6 Å². The molecule has 0 aliphatic heterocycles. The van der Waals surface area contributed by atoms with Gasteiger partial charge < -0.3 is 20.1 Å². The summed E-state index contributed by atoms with van der Waals surface area (Å²) in [7, 11) is 1.76. The minimum Gasteiger partial charge on any atom is -0.379 e. The van der Waals surface area contributed by atoms with Gasteiger partial charge >= 0.3 is 0 Å². The lowest BCUT2D eigenvalue weighted by Gasteiger charge is -2.30. The van der Waals surface area contributed by atoms with Crippen LogP contribution in [0, 0.1) is 5.41 Å². The van der Waals surface area contributed by atoms with E-state index in [1.54, 1.807) is 7.11 Å². The Morgan fingerprint density at radius 2 is 1.72 bits per heavy atom. The molecule has 1 aromatic carbocycles. The molecular formula is C20H35N3O2. The molecule has 0 aliphatic carbocycles. The lowest BCUT2D eigenvalue weighted by molar-refractivity contribution is 0.0205. The van der Waals surface area contributed by atoms with Crippen LogP contribution < -0.4 is 10.6 Å². The highest BCUT2D eigenvalue weighted by Crippen LogP contribution is 2.20. The van der Waals surface area contributed by atoms with Crippen LogP contribution in [-0.4, -0.2) is 38.9 Å². The smallest absolute Gasteiger partial charge is 0.191 e. The van der Waals surface area contributed by atoms with E-state index in [1.807, 2.05) is 6.92 Å². The highest BCUT2D eigenvalue weighted by atomic mass is 16.5. The predicted octanol–water partition coefficient (Wildman–Crippen LogP) is 3.34. The van der Waals surface area contributed by atoms with Crippen molar-refractivity contribution < 1.29 is 9.47 Å². The Labute approximate surface area is 153 Å². The molecule has 0 heterocycles. The molecule has 0 aromatic heterocycles. The molecule has 0 radical (unpaired) electrons. The number of nitrogens with zero attached hydrogens (tertiary/aromatic N) is 1. The van der Waals surface area contributed by atoms with Gasteiger partial charge in [0.1, 0.15) is 0 Å². The molecular weight excluding hydrogens is 314 g/mol. The zero-order valence-corrected chi connectivity index (χ0v) is 16.7. The van der Waals surface area contributed by atoms with Crippen LogP contribution in [0.15, 0.2) is 29.3 Å². The molecule has 5 heteroatoms. The van der Waals surface area contributed by atoms with E-state index in [4.69, 9.17) is 9.47 Å². The van der Waals surface area contributed by atoms with E-state index in [9.17, 15) is 0 Å². The van der Waals surface area contributed by atoms with Gasteiger partial charge in [-0.25, -0.2) is 4.99 Å². The summed E-state index contributed by atoms with van der Waals surface area (Å²) in [6.07, 6.45) is 0.120. The van der Waals surface area contributed by atoms with Crippen molar-refractivity contribution in [3.63, 3.8) is 0 Å². The molecule has 142 valence electrons. The Morgan fingerprint density at radius 3 is 2.24 bits per heavy atom. The Kier molecular flexibility index (Phi) is 9.53. The number of hydrogen-bond donors (Lipinski definition) is 2. The first-order valence-corrected chi connectivity index (χ1v) is 9.11. The van der Waals surface area contributed by atoms with Gasteiger partial charge in [-0.3, -0.25) is 0 Å². The van der Waals surface area contributed by atoms with Gasteiger partial charge in [-0.05, 0) is 30.4 Å². The second kappa shape index (κ2) is 11.1. The fourth-order valence-corrected chi connectivity index (χ4v) is 2.41. The Morgan fingerprint density at radius 1 is 1.08 bits per heavy atom. The van der Waals surface area contributed by atoms with Crippen molar-refractivity contribution in [3.05, 3.63) is 35.4 Å². The fraction of sp³-hybridized carbons (Fsp3) is 0.650. The minimum atomic E-state index is 0.0788. The number of ether oxygens (including phenoxy) is 2. The standard InChI is InChI=1S/C20H35N3O2/c1-7-21-19(23-14-18(24-6)20(3,4)5)22-13-16-9-11-17(12-10-16)15-25-8-2/h9-12,18H,7-8,13-15H2,1-6H3,(H2,21,22,23). The lowest BCUT2D eigenvalue weighted by Crippen LogP contribution is -2.45. The average molecular weight is 350 g/mol. The van der Waals surface area contributed by atoms with E-state index >= 15 is 0 Å². The van der Waals surface area contributed by atoms with Crippen LogP contribution in [0.2, 0.25) is 0 Å². The summed E-state index contributed by atoms with van der Waals surface area (Å²) in [5.74, 6) is 0.812. The van der Waals surface area contributed by atoms with Gasteiger partial charge in [0, 0.05) is 26.8 Å². The zero-order chi connectivity index (χ0) is 18.7. The van der Waals surface area contributed by atoms with Gasteiger partial charge in [-0.2, -0.15) is 0 Å². The summed E-state index contributed by atoms with van der Waals surface area (Å²) < 4.78 is 11.0. The zero-order valence-electron chi connectivity index (χ0n) is 16.7. The Bertz CT molecular complexity index is 507. The number of benzene rings is 1. The molecule has 1 atom stereocenters. The maximum Gasteiger partial charge on any atom is 0.191 e. The third kappa shape index (κ3) is 8.36. The molecule has 1 rings (SSSR count). The van der Waals surface area contributed by atoms with E-state index in [1.165, 1.54) is 11.1 Å². The summed E-state index contributed by atoms with van der Waals surface area (Å²) in [5.41, 5.74) is 2.44. The quantitative estimate of drug-likeness (QED) is 0.530. The molecule has 25 heavy (non-hydrogen) atoms. The van der Waals surface area contributed by atoms with Crippen molar-refractivity contribution in [1.82, 2.24) is 10.6 Å². The first-order chi connectivity index (χ1) is 11.9. The van der Waals surface area contributed by atoms with Crippen LogP contribution in [0.1, 0.15) is 45.7 Å². The maximum absolute atomic E-state index is 5.59. The predicted molar refractivity (Wildman–Crippen MR) is 105 cm³/mol. The average Bonchev–Trinajstić information content (AvgIpc) is 2.58. The first kappa shape index (κ1) is 21.5. The highest BCUT2D eigenvalue weighted by Gasteiger charge is 2.24. The van der Waals surface area contributed by atoms with Crippen LogP contribution >= 0.6 is 0 Å². The van der Waals surface area contributed by atoms with Gasteiger partial charge in [0.25, 0.3) is 0 Å². The van der Waals surface area contributed by atoms with Crippen molar-refractivity contribution in [2.75, 3.05) is 26.8 Å². The van der Waals surface area contributed by atoms with Gasteiger partial charge in [0.15, 0.2) is 5.96 Å². The third-order valence-electron chi connectivity index (χ3n) is 3.97. The van der Waals surface area contributed by atoms with E-state index in [0.717, 1.165) is 25.7 Å². The van der Waals surface area contributed by atoms with Gasteiger partial charge in [0.05, 0.1) is 19.3 Å². The van der Waals surface area contributed by atoms with Crippen molar-refractivity contribution in [2.45, 2.75) is 53.9 Å². The number of hydrogen-bond acceptors (Lipinski definition) is 3. The van der Waals surface area contributed by atoms with Crippen LogP contribution in [0.3, 0.4) is 0 Å². The van der Waals surface area contributed by atoms with Gasteiger partial charge in [-0.1, -0.05) is 45.0 Å². The first-order valence-electron chi connectivity index (χ1n) is 9.11. The molecule has 0 saturated heterocycles. The summed E-state index contributed by atoms with van der Waals surface area (Å²) >= 11 is 0. The molecule has 1 aromatic rings. The summed E-state index contributed by atoms with van der Waals surface area (Å²) in [6, 6.07) is 8.41. The number of methoxy groups -OCH3 is 1. The summed E-state index contributed by atoms with van der Waals surface area (Å²) in [6.45, 7) is 14.2. The van der Waals surface area contributed by atoms with Crippen molar-refractivity contribution >= 4 is 5.96 Å². The second-order valence-electron chi connectivity index (χ2n) is 7.12. The largest absolute Gasteiger partial charge is 0.379 e. The Balaban J connectivity index is 2.62. The molecule has 5 nitrogen and oxygen atoms in total. The van der Waals surface area contributed by atoms with Gasteiger partial charge in [0.2, 0.25) is 0 Å². The van der Waals surface area contributed by atoms with Crippen LogP contribution in [0.4, 0.5) is 0 Å². The highest BCUT2D eigenvalue weighted by molar-refractivity contribution is 5.79. The number of guanidine groups is 1. The molecule has 0 spiro atoms. The minimum absolute atomic E-state index is 0.0788. The van der Waals surface area contributed by atoms with Crippen molar-refractivity contribution in [1.29, 1.82) is 0 Å². The molecule has 0 amide bonds. The summed E-state index contributed by atoms with van der Waals surface area (Å²) in [4.78, 5) is 4.67. The van der Waals surface area contributed by atoms with Crippen LogP contribution in [0.25, 0.3) is 0 Å². The normalized spacial score (nSPS) is 13.6. The third-order valence-corrected chi connectivity index (χ3v) is 3.97. The maximum atomic E-state index is 5.59. The number of aliphatic imine (C=N–C) groups is 1. The molecule has 0 aliphatic rings. The Hall–Kier alpha value is -1.59. The fourth-order valence-electron chi connectivity index (χ4n) is 2.41. The SMILES string of the molecule is CCNC(=NCc1ccc(COCC)cc1)NCC(OC)C(C)(C)C. The van der Waals surface area contributed by atoms with Crippen molar-refractivity contribution in [2.24, 2.45) is 10.4 Å². The molecule has 0 saturated carbocycles. The van der Waals surface area contributed by atoms with Crippen molar-refractivity contribution in [3.8, 4) is 0 Å². The van der Waals surface area contributed by atoms with E-state index < -0.39 is 0 Å². The van der Waals surface area contributed by atoms with Crippen LogP contribution in [0.5, 0.6) is 0 Å². The lowest BCUT2D eigenvalue weighted by atomic mass is 9.89. The summed E-state index contributed by atoms with van der Waals surface area (Å²) in [5, 5.41) is 6.67. The van der Waals surface area contributed by atoms with Gasteiger partial charge in [-0.15, -0.1) is 0 Å². The van der Waals surface area contributed by atoms with E-state index in [-0.39, 0.29) is 11.5 Å². The molecule has 1 unspecified atom stereocenters. The topological polar surface area (TPSA) is 54.9 Å².